The number of benzene rings is 3. The van der Waals surface area contributed by atoms with Crippen molar-refractivity contribution in [3.05, 3.63) is 86.9 Å². The Morgan fingerprint density at radius 3 is 2.25 bits per heavy atom. The number of hydrogen-bond acceptors (Lipinski definition) is 7. The van der Waals surface area contributed by atoms with Gasteiger partial charge >= 0.3 is 0 Å². The molecule has 0 spiro atoms. The van der Waals surface area contributed by atoms with Crippen molar-refractivity contribution in [2.24, 2.45) is 0 Å². The molecule has 1 amide bonds. The number of methoxy groups -OCH3 is 3. The fraction of sp³-hybridized carbons (Fsp3) is 0.267. The summed E-state index contributed by atoms with van der Waals surface area (Å²) in [7, 11) is 4.30. The predicted molar refractivity (Wildman–Crippen MR) is 153 cm³/mol. The minimum absolute atomic E-state index is 0.00791. The number of halogens is 2. The first-order valence-electron chi connectivity index (χ1n) is 12.4. The third-order valence-electron chi connectivity index (χ3n) is 6.37. The van der Waals surface area contributed by atoms with Gasteiger partial charge in [-0.05, 0) is 55.3 Å². The van der Waals surface area contributed by atoms with Gasteiger partial charge in [-0.25, -0.2) is 0 Å². The van der Waals surface area contributed by atoms with Crippen molar-refractivity contribution >= 4 is 40.7 Å². The summed E-state index contributed by atoms with van der Waals surface area (Å²) in [4.78, 5) is 28.5. The van der Waals surface area contributed by atoms with Gasteiger partial charge < -0.3 is 29.0 Å². The lowest BCUT2D eigenvalue weighted by Gasteiger charge is -2.26. The summed E-state index contributed by atoms with van der Waals surface area (Å²) in [6.45, 7) is 3.86. The Morgan fingerprint density at radius 1 is 0.925 bits per heavy atom. The molecule has 0 radical (unpaired) electrons. The van der Waals surface area contributed by atoms with E-state index in [-0.39, 0.29) is 45.3 Å². The zero-order chi connectivity index (χ0) is 29.1. The number of carbonyl (C=O) groups excluding carboxylic acids is 2. The van der Waals surface area contributed by atoms with Gasteiger partial charge in [-0.3, -0.25) is 9.59 Å². The summed E-state index contributed by atoms with van der Waals surface area (Å²) < 4.78 is 21.9. The van der Waals surface area contributed by atoms with E-state index in [4.69, 9.17) is 42.1 Å². The number of Topliss-reactive ketones (excluding diaryl/α,β-unsaturated/α-hetero) is 1. The maximum atomic E-state index is 13.6. The van der Waals surface area contributed by atoms with Crippen molar-refractivity contribution in [2.75, 3.05) is 21.3 Å². The van der Waals surface area contributed by atoms with E-state index in [9.17, 15) is 14.7 Å². The molecule has 1 heterocycles. The Bertz CT molecular complexity index is 1480. The fourth-order valence-corrected chi connectivity index (χ4v) is 5.37. The summed E-state index contributed by atoms with van der Waals surface area (Å²) >= 11 is 12.8. The molecule has 0 aliphatic carbocycles. The molecule has 10 heteroatoms. The molecule has 1 aliphatic rings. The molecule has 1 aliphatic heterocycles. The molecule has 1 N–H and O–H groups in total. The average molecular weight is 586 g/mol. The zero-order valence-electron chi connectivity index (χ0n) is 22.7. The third-order valence-corrected chi connectivity index (χ3v) is 6.99. The molecule has 1 atom stereocenters. The highest BCUT2D eigenvalue weighted by Gasteiger charge is 2.46. The average Bonchev–Trinajstić information content (AvgIpc) is 3.17. The maximum absolute atomic E-state index is 13.6. The second-order valence-corrected chi connectivity index (χ2v) is 10.1. The Hall–Kier alpha value is -3.88. The second-order valence-electron chi connectivity index (χ2n) is 9.30. The van der Waals surface area contributed by atoms with Gasteiger partial charge in [0.2, 0.25) is 0 Å². The number of aliphatic hydroxyl groups is 1. The summed E-state index contributed by atoms with van der Waals surface area (Å²) in [5.74, 6) is -0.812. The molecule has 0 aromatic heterocycles. The Balaban J connectivity index is 1.94. The van der Waals surface area contributed by atoms with Gasteiger partial charge in [-0.1, -0.05) is 47.5 Å². The van der Waals surface area contributed by atoms with Crippen molar-refractivity contribution < 1.29 is 33.6 Å². The Morgan fingerprint density at radius 2 is 1.60 bits per heavy atom. The van der Waals surface area contributed by atoms with E-state index < -0.39 is 23.5 Å². The molecular weight excluding hydrogens is 557 g/mol. The minimum atomic E-state index is -0.966. The number of carbonyl (C=O) groups is 2. The smallest absolute Gasteiger partial charge is 0.295 e. The van der Waals surface area contributed by atoms with Crippen LogP contribution in [-0.2, 0) is 16.1 Å². The van der Waals surface area contributed by atoms with Crippen LogP contribution in [0.3, 0.4) is 0 Å². The SMILES string of the molecule is COc1cccc(CN2C(=O)C(=O)/C(=C(/O)c3cc(Cl)c(OC)c(Cl)c3OC)C2c2cccc(OC(C)C)c2)c1. The Labute approximate surface area is 242 Å². The van der Waals surface area contributed by atoms with Gasteiger partial charge in [0.1, 0.15) is 22.3 Å². The van der Waals surface area contributed by atoms with Gasteiger partial charge in [0.25, 0.3) is 11.7 Å². The van der Waals surface area contributed by atoms with Crippen LogP contribution < -0.4 is 18.9 Å². The van der Waals surface area contributed by atoms with Crippen molar-refractivity contribution in [1.29, 1.82) is 0 Å². The third kappa shape index (κ3) is 5.55. The predicted octanol–water partition coefficient (Wildman–Crippen LogP) is 6.43. The van der Waals surface area contributed by atoms with Crippen molar-refractivity contribution in [1.82, 2.24) is 4.90 Å². The van der Waals surface area contributed by atoms with E-state index in [0.29, 0.717) is 17.1 Å². The van der Waals surface area contributed by atoms with E-state index in [0.717, 1.165) is 5.56 Å². The normalized spacial score (nSPS) is 16.4. The van der Waals surface area contributed by atoms with E-state index in [1.807, 2.05) is 19.9 Å². The zero-order valence-corrected chi connectivity index (χ0v) is 24.2. The molecule has 1 fully saturated rings. The standard InChI is InChI=1S/C30H29Cl2NO7/c1-16(2)40-20-11-7-9-18(13-20)25-23(26(34)21-14-22(31)29(39-5)24(32)28(21)38-4)27(35)30(36)33(25)15-17-8-6-10-19(12-17)37-3/h6-14,16,25,34H,15H2,1-5H3/b26-23+. The molecule has 0 saturated carbocycles. The van der Waals surface area contributed by atoms with Crippen LogP contribution in [0.15, 0.2) is 60.2 Å². The van der Waals surface area contributed by atoms with E-state index in [1.165, 1.54) is 25.2 Å². The maximum Gasteiger partial charge on any atom is 0.295 e. The molecule has 210 valence electrons. The van der Waals surface area contributed by atoms with Crippen LogP contribution in [0.2, 0.25) is 10.0 Å². The van der Waals surface area contributed by atoms with Crippen molar-refractivity contribution in [2.45, 2.75) is 32.5 Å². The number of hydrogen-bond donors (Lipinski definition) is 1. The lowest BCUT2D eigenvalue weighted by Crippen LogP contribution is -2.29. The molecule has 1 unspecified atom stereocenters. The number of aliphatic hydroxyl groups excluding tert-OH is 1. The first-order chi connectivity index (χ1) is 19.1. The summed E-state index contributed by atoms with van der Waals surface area (Å²) in [5, 5.41) is 11.7. The van der Waals surface area contributed by atoms with Crippen molar-refractivity contribution in [3.63, 3.8) is 0 Å². The molecule has 3 aromatic rings. The van der Waals surface area contributed by atoms with E-state index >= 15 is 0 Å². The van der Waals surface area contributed by atoms with E-state index in [2.05, 4.69) is 0 Å². The quantitative estimate of drug-likeness (QED) is 0.176. The molecule has 4 rings (SSSR count). The van der Waals surface area contributed by atoms with Gasteiger partial charge in [0.05, 0.1) is 49.6 Å². The number of ketones is 1. The van der Waals surface area contributed by atoms with Crippen LogP contribution in [0.25, 0.3) is 5.76 Å². The lowest BCUT2D eigenvalue weighted by molar-refractivity contribution is -0.140. The van der Waals surface area contributed by atoms with Gasteiger partial charge in [0, 0.05) is 6.54 Å². The monoisotopic (exact) mass is 585 g/mol. The van der Waals surface area contributed by atoms with Crippen LogP contribution in [0.1, 0.15) is 36.6 Å². The topological polar surface area (TPSA) is 94.5 Å². The summed E-state index contributed by atoms with van der Waals surface area (Å²) in [6.07, 6.45) is -0.105. The molecule has 0 bridgehead atoms. The lowest BCUT2D eigenvalue weighted by atomic mass is 9.94. The van der Waals surface area contributed by atoms with Crippen LogP contribution in [0.4, 0.5) is 0 Å². The highest BCUT2D eigenvalue weighted by Crippen LogP contribution is 2.47. The summed E-state index contributed by atoms with van der Waals surface area (Å²) in [5.41, 5.74) is 1.18. The van der Waals surface area contributed by atoms with Crippen LogP contribution in [0, 0.1) is 0 Å². The number of ether oxygens (including phenoxy) is 4. The van der Waals surface area contributed by atoms with Crippen LogP contribution in [0.5, 0.6) is 23.0 Å². The number of rotatable bonds is 9. The van der Waals surface area contributed by atoms with Gasteiger partial charge in [-0.15, -0.1) is 0 Å². The van der Waals surface area contributed by atoms with Gasteiger partial charge in [0.15, 0.2) is 11.5 Å². The van der Waals surface area contributed by atoms with Crippen LogP contribution >= 0.6 is 23.2 Å². The first-order valence-corrected chi connectivity index (χ1v) is 13.1. The van der Waals surface area contributed by atoms with E-state index in [1.54, 1.807) is 49.6 Å². The fourth-order valence-electron chi connectivity index (χ4n) is 4.68. The molecule has 1 saturated heterocycles. The molecule has 8 nitrogen and oxygen atoms in total. The second kappa shape index (κ2) is 12.1. The van der Waals surface area contributed by atoms with Crippen LogP contribution in [-0.4, -0.2) is 49.1 Å². The van der Waals surface area contributed by atoms with Gasteiger partial charge in [-0.2, -0.15) is 0 Å². The molecule has 3 aromatic carbocycles. The largest absolute Gasteiger partial charge is 0.507 e. The number of nitrogens with zero attached hydrogens (tertiary/aromatic N) is 1. The van der Waals surface area contributed by atoms with Crippen molar-refractivity contribution in [3.8, 4) is 23.0 Å². The summed E-state index contributed by atoms with van der Waals surface area (Å²) in [6, 6.07) is 14.6. The number of amides is 1. The number of likely N-dealkylation sites (tertiary alicyclic amines) is 1. The molecular formula is C30H29Cl2NO7. The minimum Gasteiger partial charge on any atom is -0.507 e. The Kier molecular flexibility index (Phi) is 8.81. The first kappa shape index (κ1) is 29.1. The molecule has 40 heavy (non-hydrogen) atoms. The highest BCUT2D eigenvalue weighted by molar-refractivity contribution is 6.47. The highest BCUT2D eigenvalue weighted by atomic mass is 35.5.